The van der Waals surface area contributed by atoms with Gasteiger partial charge in [0.2, 0.25) is 0 Å². The van der Waals surface area contributed by atoms with Crippen LogP contribution in [-0.2, 0) is 12.8 Å². The molecule has 0 aromatic carbocycles. The number of aryl methyl sites for hydroxylation is 4. The van der Waals surface area contributed by atoms with Crippen LogP contribution in [0.3, 0.4) is 0 Å². The average molecular weight is 745 g/mol. The van der Waals surface area contributed by atoms with E-state index in [9.17, 15) is 0 Å². The van der Waals surface area contributed by atoms with E-state index in [1.807, 2.05) is 24.8 Å². The van der Waals surface area contributed by atoms with Crippen LogP contribution in [0.1, 0.15) is 151 Å². The molecule has 8 bridgehead atoms. The Kier molecular flexibility index (Phi) is 12.1. The molecular weight excluding hydrogens is 685 g/mol. The summed E-state index contributed by atoms with van der Waals surface area (Å²) in [7, 11) is 0. The summed E-state index contributed by atoms with van der Waals surface area (Å²) in [5.74, 6) is 0. The van der Waals surface area contributed by atoms with Gasteiger partial charge in [-0.05, 0) is 171 Å². The number of allylic oxidation sites excluding steroid dienone is 4. The summed E-state index contributed by atoms with van der Waals surface area (Å²) >= 11 is 0. The molecule has 0 atom stereocenters. The Morgan fingerprint density at radius 2 is 0.839 bits per heavy atom. The van der Waals surface area contributed by atoms with Gasteiger partial charge in [-0.15, -0.1) is 0 Å². The van der Waals surface area contributed by atoms with Gasteiger partial charge >= 0.3 is 0 Å². The van der Waals surface area contributed by atoms with Crippen molar-refractivity contribution >= 4 is 44.4 Å². The topological polar surface area (TPSA) is 83.1 Å². The molecule has 2 aliphatic heterocycles. The number of hydrogen-bond donors (Lipinski definition) is 2. The molecule has 5 aromatic heterocycles. The Balaban J connectivity index is 1.75. The SMILES string of the molecule is CCCCC1=C(C)c2nc1cc1[nH]c(c(C)c1CCCC)c(-c1ccncc1)c1nc(cc3[nH]c(c(C)c3CCCC)c2-c2ccncc2)C(CCCC)=C1C. The van der Waals surface area contributed by atoms with Crippen LogP contribution in [0.5, 0.6) is 0 Å². The third-order valence-corrected chi connectivity index (χ3v) is 12.1. The molecule has 6 heteroatoms. The molecule has 0 radical (unpaired) electrons. The van der Waals surface area contributed by atoms with Crippen LogP contribution in [-0.4, -0.2) is 29.9 Å². The number of fused-ring (bicyclic) bond motifs is 8. The molecule has 56 heavy (non-hydrogen) atoms. The van der Waals surface area contributed by atoms with E-state index >= 15 is 0 Å². The fourth-order valence-corrected chi connectivity index (χ4v) is 8.80. The fourth-order valence-electron chi connectivity index (χ4n) is 8.80. The maximum absolute atomic E-state index is 5.66. The van der Waals surface area contributed by atoms with Crippen LogP contribution >= 0.6 is 0 Å². The summed E-state index contributed by atoms with van der Waals surface area (Å²) in [6.07, 6.45) is 20.6. The van der Waals surface area contributed by atoms with Crippen LogP contribution < -0.4 is 0 Å². The van der Waals surface area contributed by atoms with Crippen LogP contribution in [0.15, 0.2) is 61.2 Å². The van der Waals surface area contributed by atoms with Crippen LogP contribution in [0.2, 0.25) is 0 Å². The number of nitrogens with zero attached hydrogens (tertiary/aromatic N) is 4. The molecule has 5 aromatic rings. The Hall–Kier alpha value is -5.10. The molecular formula is C50H60N6. The summed E-state index contributed by atoms with van der Waals surface area (Å²) in [6.45, 7) is 18.3. The monoisotopic (exact) mass is 744 g/mol. The van der Waals surface area contributed by atoms with E-state index in [0.717, 1.165) is 144 Å². The zero-order chi connectivity index (χ0) is 39.3. The van der Waals surface area contributed by atoms with Crippen molar-refractivity contribution in [2.45, 2.75) is 132 Å². The second kappa shape index (κ2) is 17.4. The van der Waals surface area contributed by atoms with Crippen molar-refractivity contribution in [3.8, 4) is 22.3 Å². The highest BCUT2D eigenvalue weighted by atomic mass is 14.8. The van der Waals surface area contributed by atoms with Crippen molar-refractivity contribution in [2.24, 2.45) is 0 Å². The van der Waals surface area contributed by atoms with E-state index in [1.165, 1.54) is 44.5 Å². The largest absolute Gasteiger partial charge is 0.354 e. The van der Waals surface area contributed by atoms with Gasteiger partial charge in [0, 0.05) is 46.9 Å². The van der Waals surface area contributed by atoms with Crippen LogP contribution in [0.4, 0.5) is 0 Å². The summed E-state index contributed by atoms with van der Waals surface area (Å²) in [5, 5.41) is 0. The van der Waals surface area contributed by atoms with E-state index < -0.39 is 0 Å². The van der Waals surface area contributed by atoms with Crippen molar-refractivity contribution < 1.29 is 0 Å². The van der Waals surface area contributed by atoms with Crippen molar-refractivity contribution in [2.75, 3.05) is 0 Å². The van der Waals surface area contributed by atoms with Gasteiger partial charge in [-0.1, -0.05) is 53.4 Å². The normalized spacial score (nSPS) is 13.0. The number of pyridine rings is 2. The van der Waals surface area contributed by atoms with Crippen molar-refractivity contribution in [3.05, 3.63) is 106 Å². The lowest BCUT2D eigenvalue weighted by Crippen LogP contribution is -1.90. The predicted octanol–water partition coefficient (Wildman–Crippen LogP) is 14.0. The zero-order valence-electron chi connectivity index (χ0n) is 35.0. The number of nitrogens with one attached hydrogen (secondary N) is 2. The molecule has 7 rings (SSSR count). The smallest absolute Gasteiger partial charge is 0.0769 e. The molecule has 290 valence electrons. The maximum Gasteiger partial charge on any atom is 0.0769 e. The number of rotatable bonds is 14. The molecule has 7 heterocycles. The highest BCUT2D eigenvalue weighted by Crippen LogP contribution is 2.44. The minimum Gasteiger partial charge on any atom is -0.354 e. The number of hydrogen-bond acceptors (Lipinski definition) is 4. The molecule has 0 saturated heterocycles. The standard InChI is InChI=1S/C50H60N6/c1-9-13-17-37-31(5)47-45(35-21-25-51-26-22-35)48-33(7)39(19-15-11-3)43(55-48)30-44-40(20-16-12-4)34(8)50(56-44)46(36-23-27-52-28-24-36)49-32(6)38(18-14-10-2)42(54-49)29-41(37)53-47/h21-30,53,56H,9-20H2,1-8H3. The van der Waals surface area contributed by atoms with E-state index in [0.29, 0.717) is 0 Å². The second-order valence-electron chi connectivity index (χ2n) is 15.9. The first-order valence-corrected chi connectivity index (χ1v) is 21.3. The maximum atomic E-state index is 5.66. The van der Waals surface area contributed by atoms with E-state index in [4.69, 9.17) is 9.97 Å². The van der Waals surface area contributed by atoms with Gasteiger partial charge in [0.05, 0.1) is 33.8 Å². The number of unbranched alkanes of at least 4 members (excludes halogenated alkanes) is 4. The quantitative estimate of drug-likeness (QED) is 0.119. The lowest BCUT2D eigenvalue weighted by atomic mass is 9.94. The van der Waals surface area contributed by atoms with Gasteiger partial charge in [-0.2, -0.15) is 0 Å². The third kappa shape index (κ3) is 7.43. The molecule has 0 fully saturated rings. The van der Waals surface area contributed by atoms with E-state index in [2.05, 4.69) is 112 Å². The Morgan fingerprint density at radius 3 is 1.20 bits per heavy atom. The molecule has 0 saturated carbocycles. The first-order valence-electron chi connectivity index (χ1n) is 21.3. The molecule has 2 aliphatic rings. The van der Waals surface area contributed by atoms with Crippen molar-refractivity contribution in [1.82, 2.24) is 29.9 Å². The summed E-state index contributed by atoms with van der Waals surface area (Å²) < 4.78 is 0. The Labute approximate surface area is 334 Å². The first-order chi connectivity index (χ1) is 27.3. The summed E-state index contributed by atoms with van der Waals surface area (Å²) in [5.41, 5.74) is 23.9. The molecule has 0 spiro atoms. The highest BCUT2D eigenvalue weighted by molar-refractivity contribution is 6.03. The first kappa shape index (κ1) is 39.1. The second-order valence-corrected chi connectivity index (χ2v) is 15.9. The number of H-pyrrole nitrogens is 2. The molecule has 0 aliphatic carbocycles. The van der Waals surface area contributed by atoms with Crippen molar-refractivity contribution in [3.63, 3.8) is 0 Å². The van der Waals surface area contributed by atoms with Gasteiger partial charge < -0.3 is 9.97 Å². The minimum absolute atomic E-state index is 0.986. The highest BCUT2D eigenvalue weighted by Gasteiger charge is 2.26. The fraction of sp³-hybridized carbons (Fsp3) is 0.400. The Bertz CT molecular complexity index is 2270. The summed E-state index contributed by atoms with van der Waals surface area (Å²) in [4.78, 5) is 28.3. The zero-order valence-corrected chi connectivity index (χ0v) is 35.0. The molecule has 2 N–H and O–H groups in total. The lowest BCUT2D eigenvalue weighted by Gasteiger charge is -2.08. The lowest BCUT2D eigenvalue weighted by molar-refractivity contribution is 0.796. The van der Waals surface area contributed by atoms with E-state index in [1.54, 1.807) is 0 Å². The average Bonchev–Trinajstić information content (AvgIpc) is 3.89. The minimum atomic E-state index is 0.986. The van der Waals surface area contributed by atoms with Gasteiger partial charge in [0.1, 0.15) is 0 Å². The van der Waals surface area contributed by atoms with Crippen molar-refractivity contribution in [1.29, 1.82) is 0 Å². The van der Waals surface area contributed by atoms with Crippen LogP contribution in [0, 0.1) is 13.8 Å². The predicted molar refractivity (Wildman–Crippen MR) is 238 cm³/mol. The molecule has 0 amide bonds. The van der Waals surface area contributed by atoms with Gasteiger partial charge in [-0.25, -0.2) is 9.97 Å². The van der Waals surface area contributed by atoms with Gasteiger partial charge in [0.15, 0.2) is 0 Å². The molecule has 0 unspecified atom stereocenters. The van der Waals surface area contributed by atoms with Gasteiger partial charge in [0.25, 0.3) is 0 Å². The summed E-state index contributed by atoms with van der Waals surface area (Å²) in [6, 6.07) is 13.3. The number of aromatic nitrogens is 6. The van der Waals surface area contributed by atoms with Crippen LogP contribution in [0.25, 0.3) is 66.6 Å². The third-order valence-electron chi connectivity index (χ3n) is 12.1. The Morgan fingerprint density at radius 1 is 0.482 bits per heavy atom. The molecule has 6 nitrogen and oxygen atoms in total. The van der Waals surface area contributed by atoms with E-state index in [-0.39, 0.29) is 0 Å². The van der Waals surface area contributed by atoms with Gasteiger partial charge in [-0.3, -0.25) is 9.97 Å². The number of aromatic amines is 2.